The van der Waals surface area contributed by atoms with E-state index < -0.39 is 0 Å². The van der Waals surface area contributed by atoms with E-state index in [0.29, 0.717) is 11.6 Å². The molecule has 1 aliphatic heterocycles. The summed E-state index contributed by atoms with van der Waals surface area (Å²) in [6.45, 7) is 3.45. The molecule has 1 fully saturated rings. The van der Waals surface area contributed by atoms with Crippen LogP contribution in [-0.2, 0) is 4.79 Å². The first-order valence-corrected chi connectivity index (χ1v) is 8.20. The van der Waals surface area contributed by atoms with Gasteiger partial charge in [-0.1, -0.05) is 29.8 Å². The monoisotopic (exact) mass is 329 g/mol. The van der Waals surface area contributed by atoms with E-state index in [1.54, 1.807) is 6.20 Å². The highest BCUT2D eigenvalue weighted by Crippen LogP contribution is 2.29. The minimum Gasteiger partial charge on any atom is -0.348 e. The second-order valence-electron chi connectivity index (χ2n) is 5.91. The fourth-order valence-electron chi connectivity index (χ4n) is 3.04. The van der Waals surface area contributed by atoms with Gasteiger partial charge in [0.1, 0.15) is 0 Å². The van der Waals surface area contributed by atoms with E-state index in [-0.39, 0.29) is 23.8 Å². The molecule has 0 spiro atoms. The molecular formula is C18H20ClN3O. The number of rotatable bonds is 4. The molecule has 3 unspecified atom stereocenters. The van der Waals surface area contributed by atoms with Crippen LogP contribution in [0.15, 0.2) is 48.7 Å². The lowest BCUT2D eigenvalue weighted by Crippen LogP contribution is -2.36. The quantitative estimate of drug-likeness (QED) is 0.907. The van der Waals surface area contributed by atoms with Crippen LogP contribution in [0.25, 0.3) is 0 Å². The normalized spacial score (nSPS) is 21.8. The van der Waals surface area contributed by atoms with Gasteiger partial charge in [0.15, 0.2) is 0 Å². The van der Waals surface area contributed by atoms with E-state index in [1.165, 1.54) is 0 Å². The topological polar surface area (TPSA) is 54.0 Å². The number of halogens is 1. The third-order valence-electron chi connectivity index (χ3n) is 4.34. The van der Waals surface area contributed by atoms with Crippen LogP contribution in [0.1, 0.15) is 30.1 Å². The largest absolute Gasteiger partial charge is 0.348 e. The number of aromatic nitrogens is 1. The van der Waals surface area contributed by atoms with Crippen molar-refractivity contribution in [2.75, 3.05) is 13.1 Å². The van der Waals surface area contributed by atoms with Crippen molar-refractivity contribution in [1.82, 2.24) is 15.6 Å². The van der Waals surface area contributed by atoms with Crippen molar-refractivity contribution in [2.45, 2.75) is 18.9 Å². The number of hydrogen-bond donors (Lipinski definition) is 2. The summed E-state index contributed by atoms with van der Waals surface area (Å²) in [5.41, 5.74) is 2.01. The summed E-state index contributed by atoms with van der Waals surface area (Å²) >= 11 is 5.95. The zero-order valence-corrected chi connectivity index (χ0v) is 13.8. The Labute approximate surface area is 141 Å². The van der Waals surface area contributed by atoms with Crippen molar-refractivity contribution < 1.29 is 4.79 Å². The molecule has 0 radical (unpaired) electrons. The number of amides is 1. The molecule has 5 heteroatoms. The van der Waals surface area contributed by atoms with Crippen LogP contribution in [0.5, 0.6) is 0 Å². The lowest BCUT2D eigenvalue weighted by molar-refractivity contribution is -0.125. The summed E-state index contributed by atoms with van der Waals surface area (Å²) in [6.07, 6.45) is 1.74. The summed E-state index contributed by atoms with van der Waals surface area (Å²) in [4.78, 5) is 17.0. The third-order valence-corrected chi connectivity index (χ3v) is 4.59. The first-order chi connectivity index (χ1) is 11.1. The van der Waals surface area contributed by atoms with Crippen LogP contribution < -0.4 is 10.6 Å². The Kier molecular flexibility index (Phi) is 4.94. The second kappa shape index (κ2) is 7.11. The number of benzene rings is 1. The number of hydrogen-bond acceptors (Lipinski definition) is 3. The molecule has 1 aromatic heterocycles. The Morgan fingerprint density at radius 2 is 2.04 bits per heavy atom. The second-order valence-corrected chi connectivity index (χ2v) is 6.34. The summed E-state index contributed by atoms with van der Waals surface area (Å²) in [7, 11) is 0. The molecule has 23 heavy (non-hydrogen) atoms. The van der Waals surface area contributed by atoms with E-state index >= 15 is 0 Å². The smallest absolute Gasteiger partial charge is 0.225 e. The highest BCUT2D eigenvalue weighted by molar-refractivity contribution is 6.30. The van der Waals surface area contributed by atoms with Crippen molar-refractivity contribution in [1.29, 1.82) is 0 Å². The molecular weight excluding hydrogens is 310 g/mol. The van der Waals surface area contributed by atoms with Gasteiger partial charge in [0.05, 0.1) is 17.7 Å². The minimum absolute atomic E-state index is 0.0631. The van der Waals surface area contributed by atoms with Gasteiger partial charge in [0, 0.05) is 30.2 Å². The maximum Gasteiger partial charge on any atom is 0.225 e. The SMILES string of the molecule is CC(NC(=O)C1CNCC1c1ccc(Cl)cc1)c1ccccn1. The standard InChI is InChI=1S/C18H20ClN3O/c1-12(17-4-2-3-9-21-17)22-18(23)16-11-20-10-15(16)13-5-7-14(19)8-6-13/h2-9,12,15-16,20H,10-11H2,1H3,(H,22,23). The van der Waals surface area contributed by atoms with E-state index in [1.807, 2.05) is 49.4 Å². The molecule has 2 N–H and O–H groups in total. The zero-order chi connectivity index (χ0) is 16.2. The predicted molar refractivity (Wildman–Crippen MR) is 91.3 cm³/mol. The number of pyridine rings is 1. The molecule has 3 atom stereocenters. The first kappa shape index (κ1) is 16.0. The van der Waals surface area contributed by atoms with Crippen LogP contribution in [-0.4, -0.2) is 24.0 Å². The molecule has 0 bridgehead atoms. The Hall–Kier alpha value is -1.91. The van der Waals surface area contributed by atoms with Crippen molar-refractivity contribution >= 4 is 17.5 Å². The lowest BCUT2D eigenvalue weighted by Gasteiger charge is -2.21. The number of nitrogens with zero attached hydrogens (tertiary/aromatic N) is 1. The van der Waals surface area contributed by atoms with E-state index in [4.69, 9.17) is 11.6 Å². The molecule has 1 aliphatic rings. The first-order valence-electron chi connectivity index (χ1n) is 7.82. The molecule has 1 aromatic carbocycles. The Morgan fingerprint density at radius 1 is 1.26 bits per heavy atom. The van der Waals surface area contributed by atoms with Gasteiger partial charge in [-0.3, -0.25) is 9.78 Å². The molecule has 1 saturated heterocycles. The van der Waals surface area contributed by atoms with Gasteiger partial charge < -0.3 is 10.6 Å². The average molecular weight is 330 g/mol. The van der Waals surface area contributed by atoms with Crippen molar-refractivity contribution in [3.63, 3.8) is 0 Å². The van der Waals surface area contributed by atoms with Crippen LogP contribution in [0.3, 0.4) is 0 Å². The minimum atomic E-state index is -0.102. The third kappa shape index (κ3) is 3.71. The summed E-state index contributed by atoms with van der Waals surface area (Å²) < 4.78 is 0. The van der Waals surface area contributed by atoms with Crippen LogP contribution in [0.4, 0.5) is 0 Å². The summed E-state index contributed by atoms with van der Waals surface area (Å²) in [6, 6.07) is 13.4. The van der Waals surface area contributed by atoms with Crippen LogP contribution in [0.2, 0.25) is 5.02 Å². The average Bonchev–Trinajstić information content (AvgIpc) is 3.06. The van der Waals surface area contributed by atoms with Crippen molar-refractivity contribution in [2.24, 2.45) is 5.92 Å². The van der Waals surface area contributed by atoms with E-state index in [2.05, 4.69) is 15.6 Å². The highest BCUT2D eigenvalue weighted by atomic mass is 35.5. The number of carbonyl (C=O) groups excluding carboxylic acids is 1. The molecule has 3 rings (SSSR count). The molecule has 0 aliphatic carbocycles. The fourth-order valence-corrected chi connectivity index (χ4v) is 3.17. The Morgan fingerprint density at radius 3 is 2.74 bits per heavy atom. The lowest BCUT2D eigenvalue weighted by atomic mass is 9.88. The van der Waals surface area contributed by atoms with E-state index in [0.717, 1.165) is 17.8 Å². The maximum absolute atomic E-state index is 12.7. The van der Waals surface area contributed by atoms with Gasteiger partial charge in [0.25, 0.3) is 0 Å². The molecule has 120 valence electrons. The molecule has 1 amide bonds. The molecule has 2 heterocycles. The van der Waals surface area contributed by atoms with Gasteiger partial charge >= 0.3 is 0 Å². The van der Waals surface area contributed by atoms with E-state index in [9.17, 15) is 4.79 Å². The van der Waals surface area contributed by atoms with Gasteiger partial charge in [-0.25, -0.2) is 0 Å². The molecule has 4 nitrogen and oxygen atoms in total. The van der Waals surface area contributed by atoms with Crippen LogP contribution >= 0.6 is 11.6 Å². The summed E-state index contributed by atoms with van der Waals surface area (Å²) in [5.74, 6) is 0.152. The molecule has 2 aromatic rings. The molecule has 0 saturated carbocycles. The highest BCUT2D eigenvalue weighted by Gasteiger charge is 2.34. The van der Waals surface area contributed by atoms with Crippen molar-refractivity contribution in [3.05, 3.63) is 64.9 Å². The van der Waals surface area contributed by atoms with Crippen molar-refractivity contribution in [3.8, 4) is 0 Å². The fraction of sp³-hybridized carbons (Fsp3) is 0.333. The number of nitrogens with one attached hydrogen (secondary N) is 2. The maximum atomic E-state index is 12.7. The summed E-state index contributed by atoms with van der Waals surface area (Å²) in [5, 5.41) is 7.11. The predicted octanol–water partition coefficient (Wildman–Crippen LogP) is 2.92. The van der Waals surface area contributed by atoms with Gasteiger partial charge in [-0.15, -0.1) is 0 Å². The van der Waals surface area contributed by atoms with Gasteiger partial charge in [0.2, 0.25) is 5.91 Å². The van der Waals surface area contributed by atoms with Gasteiger partial charge in [-0.05, 0) is 36.8 Å². The Balaban J connectivity index is 1.69. The number of carbonyl (C=O) groups is 1. The Bertz CT molecular complexity index is 660. The zero-order valence-electron chi connectivity index (χ0n) is 13.0. The van der Waals surface area contributed by atoms with Gasteiger partial charge in [-0.2, -0.15) is 0 Å². The van der Waals surface area contributed by atoms with Crippen LogP contribution in [0, 0.1) is 5.92 Å².